The normalized spacial score (nSPS) is 15.4. The molecule has 0 radical (unpaired) electrons. The molecule has 170 valence electrons. The van der Waals surface area contributed by atoms with Crippen LogP contribution < -0.4 is 15.6 Å². The Morgan fingerprint density at radius 2 is 1.91 bits per heavy atom. The number of rotatable bonds is 5. The van der Waals surface area contributed by atoms with E-state index in [0.717, 1.165) is 46.5 Å². The number of benzene rings is 3. The summed E-state index contributed by atoms with van der Waals surface area (Å²) < 4.78 is 7.24. The van der Waals surface area contributed by atoms with Crippen LogP contribution in [0.1, 0.15) is 22.4 Å². The maximum atomic E-state index is 13.5. The number of aryl methyl sites for hydroxylation is 1. The van der Waals surface area contributed by atoms with Crippen molar-refractivity contribution in [3.05, 3.63) is 99.4 Å². The molecule has 1 atom stereocenters. The van der Waals surface area contributed by atoms with Gasteiger partial charge in [0.15, 0.2) is 0 Å². The monoisotopic (exact) mass is 467 g/mol. The van der Waals surface area contributed by atoms with E-state index in [9.17, 15) is 4.79 Å². The zero-order valence-corrected chi connectivity index (χ0v) is 19.8. The van der Waals surface area contributed by atoms with Crippen molar-refractivity contribution in [1.29, 1.82) is 0 Å². The summed E-state index contributed by atoms with van der Waals surface area (Å²) in [6.45, 7) is 0.523. The van der Waals surface area contributed by atoms with E-state index in [1.54, 1.807) is 29.3 Å². The molecule has 0 aliphatic heterocycles. The highest BCUT2D eigenvalue weighted by molar-refractivity contribution is 7.18. The third kappa shape index (κ3) is 3.74. The van der Waals surface area contributed by atoms with Crippen LogP contribution in [0.5, 0.6) is 5.75 Å². The zero-order chi connectivity index (χ0) is 23.1. The van der Waals surface area contributed by atoms with Crippen molar-refractivity contribution in [2.24, 2.45) is 0 Å². The Labute approximate surface area is 201 Å². The smallest absolute Gasteiger partial charge is 0.262 e. The lowest BCUT2D eigenvalue weighted by Gasteiger charge is -2.25. The van der Waals surface area contributed by atoms with Crippen molar-refractivity contribution in [2.45, 2.75) is 31.8 Å². The van der Waals surface area contributed by atoms with Gasteiger partial charge >= 0.3 is 0 Å². The third-order valence-corrected chi connectivity index (χ3v) is 7.83. The third-order valence-electron chi connectivity index (χ3n) is 6.67. The lowest BCUT2D eigenvalue weighted by Crippen LogP contribution is -2.27. The van der Waals surface area contributed by atoms with Crippen LogP contribution in [0.15, 0.2) is 77.9 Å². The highest BCUT2D eigenvalue weighted by Crippen LogP contribution is 2.35. The topological polar surface area (TPSA) is 56.1 Å². The fourth-order valence-electron chi connectivity index (χ4n) is 4.95. The van der Waals surface area contributed by atoms with E-state index in [1.807, 2.05) is 36.4 Å². The molecule has 2 heterocycles. The Kier molecular flexibility index (Phi) is 5.30. The number of hydrogen-bond acceptors (Lipinski definition) is 5. The molecule has 6 rings (SSSR count). The first-order chi connectivity index (χ1) is 16.7. The molecule has 5 aromatic rings. The molecule has 1 unspecified atom stereocenters. The molecular weight excluding hydrogens is 442 g/mol. The van der Waals surface area contributed by atoms with Crippen molar-refractivity contribution in [3.63, 3.8) is 0 Å². The quantitative estimate of drug-likeness (QED) is 0.364. The summed E-state index contributed by atoms with van der Waals surface area (Å²) >= 11 is 1.66. The molecule has 0 bridgehead atoms. The van der Waals surface area contributed by atoms with E-state index in [4.69, 9.17) is 4.74 Å². The van der Waals surface area contributed by atoms with Gasteiger partial charge < -0.3 is 10.1 Å². The summed E-state index contributed by atoms with van der Waals surface area (Å²) in [4.78, 5) is 20.3. The molecule has 5 nitrogen and oxygen atoms in total. The predicted octanol–water partition coefficient (Wildman–Crippen LogP) is 5.64. The van der Waals surface area contributed by atoms with Gasteiger partial charge in [0.25, 0.3) is 5.56 Å². The van der Waals surface area contributed by atoms with Crippen molar-refractivity contribution in [1.82, 2.24) is 9.55 Å². The summed E-state index contributed by atoms with van der Waals surface area (Å²) in [5.41, 5.74) is 3.36. The number of anilines is 1. The van der Waals surface area contributed by atoms with Crippen LogP contribution in [0.4, 0.5) is 5.69 Å². The van der Waals surface area contributed by atoms with Gasteiger partial charge in [-0.2, -0.15) is 0 Å². The summed E-state index contributed by atoms with van der Waals surface area (Å²) in [5, 5.41) is 6.83. The number of nitrogens with zero attached hydrogens (tertiary/aromatic N) is 2. The summed E-state index contributed by atoms with van der Waals surface area (Å²) in [6, 6.07) is 23.0. The number of para-hydroxylation sites is 2. The van der Waals surface area contributed by atoms with E-state index in [1.165, 1.54) is 21.2 Å². The summed E-state index contributed by atoms with van der Waals surface area (Å²) in [5.74, 6) is 0.850. The van der Waals surface area contributed by atoms with Crippen molar-refractivity contribution >= 4 is 38.0 Å². The molecule has 2 aromatic heterocycles. The highest BCUT2D eigenvalue weighted by Gasteiger charge is 2.25. The highest BCUT2D eigenvalue weighted by atomic mass is 32.1. The first-order valence-electron chi connectivity index (χ1n) is 11.6. The lowest BCUT2D eigenvalue weighted by atomic mass is 9.93. The van der Waals surface area contributed by atoms with E-state index < -0.39 is 0 Å². The van der Waals surface area contributed by atoms with Gasteiger partial charge in [0, 0.05) is 17.3 Å². The average Bonchev–Trinajstić information content (AvgIpc) is 3.24. The first-order valence-corrected chi connectivity index (χ1v) is 12.4. The molecule has 1 aliphatic carbocycles. The Balaban J connectivity index is 1.29. The molecule has 34 heavy (non-hydrogen) atoms. The SMILES string of the molecule is COc1ccccc1NC1CCc2c(sc3ncn(Cc4ccc5ccccc5c4)c(=O)c23)C1. The minimum atomic E-state index is 0.0618. The van der Waals surface area contributed by atoms with Gasteiger partial charge in [-0.15, -0.1) is 11.3 Å². The Morgan fingerprint density at radius 1 is 1.09 bits per heavy atom. The van der Waals surface area contributed by atoms with E-state index in [0.29, 0.717) is 12.6 Å². The molecule has 3 aromatic carbocycles. The van der Waals surface area contributed by atoms with Crippen molar-refractivity contribution in [3.8, 4) is 5.75 Å². The molecule has 1 N–H and O–H groups in total. The van der Waals surface area contributed by atoms with Crippen LogP contribution in [0.3, 0.4) is 0 Å². The van der Waals surface area contributed by atoms with Gasteiger partial charge in [-0.1, -0.05) is 48.5 Å². The summed E-state index contributed by atoms with van der Waals surface area (Å²) in [6.07, 6.45) is 4.43. The molecule has 0 saturated heterocycles. The molecule has 1 aliphatic rings. The predicted molar refractivity (Wildman–Crippen MR) is 139 cm³/mol. The lowest BCUT2D eigenvalue weighted by molar-refractivity contribution is 0.415. The van der Waals surface area contributed by atoms with Gasteiger partial charge in [0.05, 0.1) is 31.1 Å². The second-order valence-electron chi connectivity index (χ2n) is 8.83. The van der Waals surface area contributed by atoms with Crippen LogP contribution >= 0.6 is 11.3 Å². The van der Waals surface area contributed by atoms with E-state index in [2.05, 4.69) is 40.6 Å². The van der Waals surface area contributed by atoms with Crippen LogP contribution in [0.25, 0.3) is 21.0 Å². The number of methoxy groups -OCH3 is 1. The molecule has 0 saturated carbocycles. The van der Waals surface area contributed by atoms with E-state index in [-0.39, 0.29) is 5.56 Å². The Morgan fingerprint density at radius 3 is 2.79 bits per heavy atom. The molecule has 0 fully saturated rings. The minimum Gasteiger partial charge on any atom is -0.495 e. The number of ether oxygens (including phenoxy) is 1. The van der Waals surface area contributed by atoms with Crippen LogP contribution in [0, 0.1) is 0 Å². The van der Waals surface area contributed by atoms with Crippen molar-refractivity contribution in [2.75, 3.05) is 12.4 Å². The van der Waals surface area contributed by atoms with Crippen molar-refractivity contribution < 1.29 is 4.74 Å². The van der Waals surface area contributed by atoms with Gasteiger partial charge in [-0.05, 0) is 52.9 Å². The standard InChI is InChI=1S/C28H25N3O2S/c1-33-24-9-5-4-8-23(24)30-21-12-13-22-25(15-21)34-27-26(22)28(32)31(17-29-27)16-18-10-11-19-6-2-3-7-20(19)14-18/h2-11,14,17,21,30H,12-13,15-16H2,1H3. The fourth-order valence-corrected chi connectivity index (χ4v) is 6.21. The number of thiophene rings is 1. The van der Waals surface area contributed by atoms with Gasteiger partial charge in [0.1, 0.15) is 10.6 Å². The molecule has 6 heteroatoms. The molecule has 0 amide bonds. The Hall–Kier alpha value is -3.64. The number of hydrogen-bond donors (Lipinski definition) is 1. The average molecular weight is 468 g/mol. The second kappa shape index (κ2) is 8.61. The molecule has 0 spiro atoms. The number of nitrogens with one attached hydrogen (secondary N) is 1. The van der Waals surface area contributed by atoms with Crippen LogP contribution in [-0.4, -0.2) is 22.7 Å². The van der Waals surface area contributed by atoms with Gasteiger partial charge in [-0.3, -0.25) is 9.36 Å². The molecular formula is C28H25N3O2S. The summed E-state index contributed by atoms with van der Waals surface area (Å²) in [7, 11) is 1.69. The fraction of sp³-hybridized carbons (Fsp3) is 0.214. The second-order valence-corrected chi connectivity index (χ2v) is 9.91. The van der Waals surface area contributed by atoms with Gasteiger partial charge in [0.2, 0.25) is 0 Å². The minimum absolute atomic E-state index is 0.0618. The van der Waals surface area contributed by atoms with Gasteiger partial charge in [-0.25, -0.2) is 4.98 Å². The maximum absolute atomic E-state index is 13.5. The zero-order valence-electron chi connectivity index (χ0n) is 19.0. The van der Waals surface area contributed by atoms with E-state index >= 15 is 0 Å². The largest absolute Gasteiger partial charge is 0.495 e. The number of aromatic nitrogens is 2. The first kappa shape index (κ1) is 20.9. The van der Waals surface area contributed by atoms with Crippen LogP contribution in [-0.2, 0) is 19.4 Å². The number of fused-ring (bicyclic) bond motifs is 4. The Bertz CT molecular complexity index is 1570. The maximum Gasteiger partial charge on any atom is 0.262 e. The van der Waals surface area contributed by atoms with Crippen LogP contribution in [0.2, 0.25) is 0 Å².